The number of esters is 1. The molecule has 0 radical (unpaired) electrons. The molecular formula is C13H16IN3O2. The van der Waals surface area contributed by atoms with Crippen molar-refractivity contribution in [1.29, 1.82) is 0 Å². The van der Waals surface area contributed by atoms with Gasteiger partial charge in [0.1, 0.15) is 0 Å². The lowest BCUT2D eigenvalue weighted by molar-refractivity contribution is -0.143. The van der Waals surface area contributed by atoms with E-state index >= 15 is 0 Å². The molecule has 0 aliphatic rings. The van der Waals surface area contributed by atoms with Crippen molar-refractivity contribution in [3.63, 3.8) is 0 Å². The SMILES string of the molecule is CCOC(=O)CCCn1c(N)nc2cc(I)ccc21. The minimum Gasteiger partial charge on any atom is -0.466 e. The van der Waals surface area contributed by atoms with Gasteiger partial charge in [0.05, 0.1) is 17.6 Å². The fourth-order valence-corrected chi connectivity index (χ4v) is 2.45. The molecule has 1 aromatic heterocycles. The molecule has 2 aromatic rings. The molecule has 6 heteroatoms. The lowest BCUT2D eigenvalue weighted by atomic mass is 10.3. The van der Waals surface area contributed by atoms with Crippen molar-refractivity contribution in [1.82, 2.24) is 9.55 Å². The number of hydrogen-bond acceptors (Lipinski definition) is 4. The molecule has 5 nitrogen and oxygen atoms in total. The number of nitrogens with two attached hydrogens (primary N) is 1. The Morgan fingerprint density at radius 2 is 2.32 bits per heavy atom. The molecule has 0 spiro atoms. The summed E-state index contributed by atoms with van der Waals surface area (Å²) in [6.45, 7) is 2.90. The van der Waals surface area contributed by atoms with E-state index in [0.717, 1.165) is 14.6 Å². The molecule has 2 rings (SSSR count). The molecule has 0 saturated heterocycles. The number of hydrogen-bond donors (Lipinski definition) is 1. The second-order valence-corrected chi connectivity index (χ2v) is 5.41. The zero-order valence-corrected chi connectivity index (χ0v) is 12.9. The van der Waals surface area contributed by atoms with E-state index in [0.29, 0.717) is 31.9 Å². The summed E-state index contributed by atoms with van der Waals surface area (Å²) in [4.78, 5) is 15.6. The number of fused-ring (bicyclic) bond motifs is 1. The Hall–Kier alpha value is -1.31. The third-order valence-corrected chi connectivity index (χ3v) is 3.48. The first-order valence-corrected chi connectivity index (χ1v) is 7.26. The Kier molecular flexibility index (Phi) is 4.62. The molecule has 1 heterocycles. The predicted octanol–water partition coefficient (Wildman–Crippen LogP) is 2.57. The van der Waals surface area contributed by atoms with Crippen LogP contribution in [0.15, 0.2) is 18.2 Å². The van der Waals surface area contributed by atoms with E-state index in [4.69, 9.17) is 10.5 Å². The van der Waals surface area contributed by atoms with Crippen LogP contribution in [0.1, 0.15) is 19.8 Å². The van der Waals surface area contributed by atoms with Crippen LogP contribution >= 0.6 is 22.6 Å². The molecule has 2 N–H and O–H groups in total. The second kappa shape index (κ2) is 6.23. The molecule has 0 fully saturated rings. The summed E-state index contributed by atoms with van der Waals surface area (Å²) in [5.74, 6) is 0.320. The highest BCUT2D eigenvalue weighted by Crippen LogP contribution is 2.20. The number of imidazole rings is 1. The van der Waals surface area contributed by atoms with E-state index in [1.165, 1.54) is 0 Å². The van der Waals surface area contributed by atoms with Crippen LogP contribution in [0.4, 0.5) is 5.95 Å². The fourth-order valence-electron chi connectivity index (χ4n) is 1.97. The molecule has 0 atom stereocenters. The molecule has 0 aliphatic carbocycles. The molecule has 0 aliphatic heterocycles. The van der Waals surface area contributed by atoms with E-state index in [9.17, 15) is 4.79 Å². The van der Waals surface area contributed by atoms with Crippen LogP contribution in [0.25, 0.3) is 11.0 Å². The summed E-state index contributed by atoms with van der Waals surface area (Å²) < 4.78 is 7.96. The summed E-state index contributed by atoms with van der Waals surface area (Å²) in [6.07, 6.45) is 1.10. The maximum atomic E-state index is 11.3. The number of benzene rings is 1. The second-order valence-electron chi connectivity index (χ2n) is 4.16. The number of aryl methyl sites for hydroxylation is 1. The van der Waals surface area contributed by atoms with Crippen LogP contribution in [0, 0.1) is 3.57 Å². The summed E-state index contributed by atoms with van der Waals surface area (Å²) in [6, 6.07) is 6.02. The highest BCUT2D eigenvalue weighted by molar-refractivity contribution is 14.1. The molecule has 0 unspecified atom stereocenters. The first-order chi connectivity index (χ1) is 9.11. The highest BCUT2D eigenvalue weighted by Gasteiger charge is 2.09. The van der Waals surface area contributed by atoms with E-state index in [2.05, 4.69) is 27.6 Å². The van der Waals surface area contributed by atoms with Crippen molar-refractivity contribution in [3.05, 3.63) is 21.8 Å². The normalized spacial score (nSPS) is 10.8. The first kappa shape index (κ1) is 14.1. The Labute approximate surface area is 125 Å². The van der Waals surface area contributed by atoms with E-state index in [1.54, 1.807) is 6.92 Å². The number of nitrogen functional groups attached to an aromatic ring is 1. The molecule has 0 bridgehead atoms. The predicted molar refractivity (Wildman–Crippen MR) is 82.7 cm³/mol. The van der Waals surface area contributed by atoms with Gasteiger partial charge in [-0.3, -0.25) is 4.79 Å². The fraction of sp³-hybridized carbons (Fsp3) is 0.385. The smallest absolute Gasteiger partial charge is 0.305 e. The van der Waals surface area contributed by atoms with Crippen molar-refractivity contribution in [3.8, 4) is 0 Å². The van der Waals surface area contributed by atoms with Gasteiger partial charge in [0.15, 0.2) is 0 Å². The Balaban J connectivity index is 2.08. The first-order valence-electron chi connectivity index (χ1n) is 6.18. The topological polar surface area (TPSA) is 70.1 Å². The van der Waals surface area contributed by atoms with Crippen molar-refractivity contribution >= 4 is 45.5 Å². The standard InChI is InChI=1S/C13H16IN3O2/c1-2-19-12(18)4-3-7-17-11-6-5-9(14)8-10(11)16-13(17)15/h5-6,8H,2-4,7H2,1H3,(H2,15,16). The van der Waals surface area contributed by atoms with Gasteiger partial charge in [-0.1, -0.05) is 0 Å². The van der Waals surface area contributed by atoms with Crippen molar-refractivity contribution in [2.45, 2.75) is 26.3 Å². The number of nitrogens with zero attached hydrogens (tertiary/aromatic N) is 2. The van der Waals surface area contributed by atoms with Crippen molar-refractivity contribution < 1.29 is 9.53 Å². The van der Waals surface area contributed by atoms with Gasteiger partial charge in [-0.25, -0.2) is 4.98 Å². The summed E-state index contributed by atoms with van der Waals surface area (Å²) in [7, 11) is 0. The van der Waals surface area contributed by atoms with Crippen LogP contribution in [0.3, 0.4) is 0 Å². The summed E-state index contributed by atoms with van der Waals surface area (Å²) in [5.41, 5.74) is 7.80. The number of anilines is 1. The Morgan fingerprint density at radius 1 is 1.53 bits per heavy atom. The number of rotatable bonds is 5. The van der Waals surface area contributed by atoms with Crippen LogP contribution in [0.5, 0.6) is 0 Å². The molecule has 19 heavy (non-hydrogen) atoms. The molecule has 102 valence electrons. The molecular weight excluding hydrogens is 357 g/mol. The number of carbonyl (C=O) groups is 1. The third kappa shape index (κ3) is 3.37. The van der Waals surface area contributed by atoms with E-state index < -0.39 is 0 Å². The largest absolute Gasteiger partial charge is 0.466 e. The minimum absolute atomic E-state index is 0.167. The average Bonchev–Trinajstić information content (AvgIpc) is 2.65. The van der Waals surface area contributed by atoms with Gasteiger partial charge in [0.25, 0.3) is 0 Å². The van der Waals surface area contributed by atoms with Crippen LogP contribution < -0.4 is 5.73 Å². The van der Waals surface area contributed by atoms with Crippen molar-refractivity contribution in [2.75, 3.05) is 12.3 Å². The van der Waals surface area contributed by atoms with Gasteiger partial charge in [-0.2, -0.15) is 0 Å². The monoisotopic (exact) mass is 373 g/mol. The van der Waals surface area contributed by atoms with Gasteiger partial charge in [0, 0.05) is 16.5 Å². The quantitative estimate of drug-likeness (QED) is 0.646. The highest BCUT2D eigenvalue weighted by atomic mass is 127. The van der Waals surface area contributed by atoms with Crippen LogP contribution in [0.2, 0.25) is 0 Å². The van der Waals surface area contributed by atoms with Crippen molar-refractivity contribution in [2.24, 2.45) is 0 Å². The average molecular weight is 373 g/mol. The zero-order valence-electron chi connectivity index (χ0n) is 10.7. The maximum absolute atomic E-state index is 11.3. The summed E-state index contributed by atoms with van der Waals surface area (Å²) in [5, 5.41) is 0. The van der Waals surface area contributed by atoms with Crippen LogP contribution in [-0.2, 0) is 16.1 Å². The maximum Gasteiger partial charge on any atom is 0.305 e. The zero-order chi connectivity index (χ0) is 13.8. The molecule has 0 saturated carbocycles. The van der Waals surface area contributed by atoms with Gasteiger partial charge < -0.3 is 15.0 Å². The lowest BCUT2D eigenvalue weighted by Gasteiger charge is -2.06. The third-order valence-electron chi connectivity index (χ3n) is 2.81. The Morgan fingerprint density at radius 3 is 3.05 bits per heavy atom. The van der Waals surface area contributed by atoms with Crippen LogP contribution in [-0.4, -0.2) is 22.1 Å². The number of halogens is 1. The van der Waals surface area contributed by atoms with Gasteiger partial charge in [-0.05, 0) is 54.1 Å². The minimum atomic E-state index is -0.167. The molecule has 0 amide bonds. The van der Waals surface area contributed by atoms with E-state index in [1.807, 2.05) is 22.8 Å². The number of ether oxygens (including phenoxy) is 1. The van der Waals surface area contributed by atoms with Gasteiger partial charge in [0.2, 0.25) is 5.95 Å². The van der Waals surface area contributed by atoms with Gasteiger partial charge >= 0.3 is 5.97 Å². The number of carbonyl (C=O) groups excluding carboxylic acids is 1. The molecule has 1 aromatic carbocycles. The van der Waals surface area contributed by atoms with Gasteiger partial charge in [-0.15, -0.1) is 0 Å². The number of aromatic nitrogens is 2. The Bertz CT molecular complexity index is 595. The summed E-state index contributed by atoms with van der Waals surface area (Å²) >= 11 is 2.24. The van der Waals surface area contributed by atoms with E-state index in [-0.39, 0.29) is 5.97 Å². The lowest BCUT2D eigenvalue weighted by Crippen LogP contribution is -2.08.